The van der Waals surface area contributed by atoms with E-state index in [9.17, 15) is 9.59 Å². The van der Waals surface area contributed by atoms with E-state index in [4.69, 9.17) is 0 Å². The Morgan fingerprint density at radius 2 is 1.89 bits per heavy atom. The van der Waals surface area contributed by atoms with Crippen molar-refractivity contribution in [1.82, 2.24) is 9.80 Å². The first-order valence-electron chi connectivity index (χ1n) is 10.4. The highest BCUT2D eigenvalue weighted by Gasteiger charge is 2.48. The van der Waals surface area contributed by atoms with E-state index in [0.29, 0.717) is 24.6 Å². The molecule has 3 atom stereocenters. The number of rotatable bonds is 5. The summed E-state index contributed by atoms with van der Waals surface area (Å²) in [4.78, 5) is 32.0. The van der Waals surface area contributed by atoms with E-state index < -0.39 is 0 Å². The predicted octanol–water partition coefficient (Wildman–Crippen LogP) is 4.57. The van der Waals surface area contributed by atoms with E-state index in [1.54, 1.807) is 11.3 Å². The molecule has 1 saturated carbocycles. The van der Waals surface area contributed by atoms with Gasteiger partial charge in [-0.15, -0.1) is 11.3 Å². The summed E-state index contributed by atoms with van der Waals surface area (Å²) >= 11 is 1.68. The van der Waals surface area contributed by atoms with Crippen molar-refractivity contribution in [2.45, 2.75) is 57.7 Å². The Morgan fingerprint density at radius 3 is 2.61 bits per heavy atom. The molecule has 0 spiro atoms. The van der Waals surface area contributed by atoms with Gasteiger partial charge in [0.2, 0.25) is 5.91 Å². The van der Waals surface area contributed by atoms with Crippen LogP contribution in [0.25, 0.3) is 0 Å². The van der Waals surface area contributed by atoms with Crippen molar-refractivity contribution in [1.29, 1.82) is 0 Å². The molecule has 2 amide bonds. The van der Waals surface area contributed by atoms with Crippen LogP contribution in [0.15, 0.2) is 47.8 Å². The van der Waals surface area contributed by atoms with Crippen LogP contribution in [0.2, 0.25) is 0 Å². The first-order valence-corrected chi connectivity index (χ1v) is 11.3. The van der Waals surface area contributed by atoms with E-state index in [2.05, 4.69) is 6.07 Å². The quantitative estimate of drug-likeness (QED) is 0.743. The SMILES string of the molecule is CCN(Cc1cccs1)C(=O)C1CC2CCCCC2N1C(=O)c1ccccc1. The zero-order valence-electron chi connectivity index (χ0n) is 16.4. The highest BCUT2D eigenvalue weighted by molar-refractivity contribution is 7.09. The number of thiophene rings is 1. The van der Waals surface area contributed by atoms with E-state index >= 15 is 0 Å². The molecule has 4 nitrogen and oxygen atoms in total. The molecule has 2 aromatic rings. The first-order chi connectivity index (χ1) is 13.7. The number of hydrogen-bond acceptors (Lipinski definition) is 3. The maximum absolute atomic E-state index is 13.5. The zero-order valence-corrected chi connectivity index (χ0v) is 17.2. The Bertz CT molecular complexity index is 805. The molecule has 0 radical (unpaired) electrons. The summed E-state index contributed by atoms with van der Waals surface area (Å²) < 4.78 is 0. The van der Waals surface area contributed by atoms with Crippen molar-refractivity contribution in [3.8, 4) is 0 Å². The van der Waals surface area contributed by atoms with Gasteiger partial charge in [-0.2, -0.15) is 0 Å². The van der Waals surface area contributed by atoms with Gasteiger partial charge >= 0.3 is 0 Å². The molecule has 2 fully saturated rings. The van der Waals surface area contributed by atoms with Crippen LogP contribution >= 0.6 is 11.3 Å². The summed E-state index contributed by atoms with van der Waals surface area (Å²) in [5.74, 6) is 0.575. The van der Waals surface area contributed by atoms with Crippen molar-refractivity contribution in [3.05, 3.63) is 58.3 Å². The van der Waals surface area contributed by atoms with Gasteiger partial charge in [-0.25, -0.2) is 0 Å². The summed E-state index contributed by atoms with van der Waals surface area (Å²) in [6, 6.07) is 13.4. The third-order valence-corrected chi connectivity index (χ3v) is 7.11. The van der Waals surface area contributed by atoms with Gasteiger partial charge in [0.05, 0.1) is 6.54 Å². The summed E-state index contributed by atoms with van der Waals surface area (Å²) in [5, 5.41) is 2.04. The molecular formula is C23H28N2O2S. The van der Waals surface area contributed by atoms with Crippen LogP contribution in [-0.4, -0.2) is 40.2 Å². The van der Waals surface area contributed by atoms with Gasteiger partial charge in [-0.3, -0.25) is 9.59 Å². The minimum Gasteiger partial charge on any atom is -0.336 e. The Kier molecular flexibility index (Phi) is 5.81. The summed E-state index contributed by atoms with van der Waals surface area (Å²) in [7, 11) is 0. The number of amides is 2. The van der Waals surface area contributed by atoms with Crippen molar-refractivity contribution in [3.63, 3.8) is 0 Å². The van der Waals surface area contributed by atoms with Gasteiger partial charge in [0.15, 0.2) is 0 Å². The number of carbonyl (C=O) groups is 2. The molecule has 0 bridgehead atoms. The predicted molar refractivity (Wildman–Crippen MR) is 112 cm³/mol. The third kappa shape index (κ3) is 3.72. The highest BCUT2D eigenvalue weighted by atomic mass is 32.1. The first kappa shape index (κ1) is 19.2. The highest BCUT2D eigenvalue weighted by Crippen LogP contribution is 2.41. The van der Waals surface area contributed by atoms with Gasteiger partial charge in [0, 0.05) is 23.0 Å². The van der Waals surface area contributed by atoms with Gasteiger partial charge in [-0.1, -0.05) is 37.1 Å². The van der Waals surface area contributed by atoms with Crippen LogP contribution in [0.5, 0.6) is 0 Å². The standard InChI is InChI=1S/C23H28N2O2S/c1-2-24(16-19-12-8-14-28-19)23(27)21-15-18-11-6-7-13-20(18)25(21)22(26)17-9-4-3-5-10-17/h3-5,8-10,12,14,18,20-21H,2,6-7,11,13,15-16H2,1H3. The second-order valence-electron chi connectivity index (χ2n) is 7.87. The summed E-state index contributed by atoms with van der Waals surface area (Å²) in [6.07, 6.45) is 5.31. The molecule has 1 aromatic heterocycles. The molecular weight excluding hydrogens is 368 g/mol. The molecule has 148 valence electrons. The number of hydrogen-bond donors (Lipinski definition) is 0. The fourth-order valence-electron chi connectivity index (χ4n) is 4.85. The molecule has 5 heteroatoms. The maximum Gasteiger partial charge on any atom is 0.254 e. The summed E-state index contributed by atoms with van der Waals surface area (Å²) in [6.45, 7) is 3.32. The molecule has 1 saturated heterocycles. The lowest BCUT2D eigenvalue weighted by atomic mass is 9.84. The second-order valence-corrected chi connectivity index (χ2v) is 8.91. The van der Waals surface area contributed by atoms with Gasteiger partial charge in [0.25, 0.3) is 5.91 Å². The fourth-order valence-corrected chi connectivity index (χ4v) is 5.57. The van der Waals surface area contributed by atoms with E-state index in [0.717, 1.165) is 25.7 Å². The number of carbonyl (C=O) groups excluding carboxylic acids is 2. The molecule has 0 N–H and O–H groups in total. The van der Waals surface area contributed by atoms with E-state index in [1.165, 1.54) is 11.3 Å². The molecule has 2 heterocycles. The lowest BCUT2D eigenvalue weighted by Gasteiger charge is -2.35. The van der Waals surface area contributed by atoms with E-state index in [-0.39, 0.29) is 23.9 Å². The molecule has 3 unspecified atom stereocenters. The van der Waals surface area contributed by atoms with Crippen molar-refractivity contribution in [2.24, 2.45) is 5.92 Å². The molecule has 1 aromatic carbocycles. The van der Waals surface area contributed by atoms with Crippen LogP contribution < -0.4 is 0 Å². The molecule has 28 heavy (non-hydrogen) atoms. The minimum absolute atomic E-state index is 0.0144. The Labute approximate surface area is 171 Å². The number of likely N-dealkylation sites (tertiary alicyclic amines) is 1. The van der Waals surface area contributed by atoms with Crippen LogP contribution in [0.3, 0.4) is 0 Å². The van der Waals surface area contributed by atoms with Gasteiger partial charge < -0.3 is 9.80 Å². The van der Waals surface area contributed by atoms with Crippen molar-refractivity contribution in [2.75, 3.05) is 6.54 Å². The van der Waals surface area contributed by atoms with Gasteiger partial charge in [0.1, 0.15) is 6.04 Å². The molecule has 1 aliphatic carbocycles. The largest absolute Gasteiger partial charge is 0.336 e. The average molecular weight is 397 g/mol. The van der Waals surface area contributed by atoms with Crippen LogP contribution in [-0.2, 0) is 11.3 Å². The Morgan fingerprint density at radius 1 is 1.11 bits per heavy atom. The van der Waals surface area contributed by atoms with Crippen LogP contribution in [0.1, 0.15) is 54.3 Å². The molecule has 2 aliphatic rings. The number of benzene rings is 1. The lowest BCUT2D eigenvalue weighted by Crippen LogP contribution is -2.50. The Balaban J connectivity index is 1.60. The number of fused-ring (bicyclic) bond motifs is 1. The number of nitrogens with zero attached hydrogens (tertiary/aromatic N) is 2. The maximum atomic E-state index is 13.5. The minimum atomic E-state index is -0.333. The Hall–Kier alpha value is -2.14. The van der Waals surface area contributed by atoms with Crippen LogP contribution in [0, 0.1) is 5.92 Å². The van der Waals surface area contributed by atoms with Crippen molar-refractivity contribution >= 4 is 23.2 Å². The number of likely N-dealkylation sites (N-methyl/N-ethyl adjacent to an activating group) is 1. The van der Waals surface area contributed by atoms with Crippen LogP contribution in [0.4, 0.5) is 0 Å². The average Bonchev–Trinajstić information content (AvgIpc) is 3.39. The monoisotopic (exact) mass is 396 g/mol. The zero-order chi connectivity index (χ0) is 19.5. The summed E-state index contributed by atoms with van der Waals surface area (Å²) in [5.41, 5.74) is 0.688. The lowest BCUT2D eigenvalue weighted by molar-refractivity contribution is -0.136. The van der Waals surface area contributed by atoms with Crippen molar-refractivity contribution < 1.29 is 9.59 Å². The molecule has 4 rings (SSSR count). The third-order valence-electron chi connectivity index (χ3n) is 6.25. The van der Waals surface area contributed by atoms with Gasteiger partial charge in [-0.05, 0) is 55.7 Å². The topological polar surface area (TPSA) is 40.6 Å². The normalized spacial score (nSPS) is 24.0. The van der Waals surface area contributed by atoms with E-state index in [1.807, 2.05) is 58.5 Å². The fraction of sp³-hybridized carbons (Fsp3) is 0.478. The smallest absolute Gasteiger partial charge is 0.254 e. The molecule has 1 aliphatic heterocycles. The second kappa shape index (κ2) is 8.48.